The van der Waals surface area contributed by atoms with Crippen LogP contribution in [0.1, 0.15) is 19.3 Å². The third kappa shape index (κ3) is 5.44. The summed E-state index contributed by atoms with van der Waals surface area (Å²) in [7, 11) is 0. The first-order chi connectivity index (χ1) is 19.0. The molecule has 39 heavy (non-hydrogen) atoms. The van der Waals surface area contributed by atoms with Gasteiger partial charge >= 0.3 is 0 Å². The normalized spacial score (nSPS) is 14.7. The van der Waals surface area contributed by atoms with E-state index in [-0.39, 0.29) is 11.6 Å². The van der Waals surface area contributed by atoms with Gasteiger partial charge in [0.25, 0.3) is 0 Å². The molecule has 0 aliphatic carbocycles. The van der Waals surface area contributed by atoms with E-state index in [4.69, 9.17) is 15.8 Å². The van der Waals surface area contributed by atoms with Crippen LogP contribution in [0.2, 0.25) is 0 Å². The van der Waals surface area contributed by atoms with Crippen LogP contribution in [-0.2, 0) is 6.54 Å². The van der Waals surface area contributed by atoms with E-state index in [0.29, 0.717) is 17.4 Å². The van der Waals surface area contributed by atoms with Crippen LogP contribution in [-0.4, -0.2) is 50.3 Å². The highest BCUT2D eigenvalue weighted by Crippen LogP contribution is 2.43. The highest BCUT2D eigenvalue weighted by molar-refractivity contribution is 6.05. The highest BCUT2D eigenvalue weighted by Gasteiger charge is 2.22. The van der Waals surface area contributed by atoms with E-state index in [1.54, 1.807) is 36.7 Å². The molecule has 1 aliphatic heterocycles. The van der Waals surface area contributed by atoms with Crippen molar-refractivity contribution in [3.63, 3.8) is 0 Å². The molecule has 6 nitrogen and oxygen atoms in total. The molecule has 1 saturated heterocycles. The summed E-state index contributed by atoms with van der Waals surface area (Å²) >= 11 is 0. The van der Waals surface area contributed by atoms with Crippen molar-refractivity contribution in [2.45, 2.75) is 31.8 Å². The van der Waals surface area contributed by atoms with Gasteiger partial charge in [-0.2, -0.15) is 5.10 Å². The van der Waals surface area contributed by atoms with E-state index < -0.39 is 0 Å². The maximum atomic E-state index is 14.0. The zero-order chi connectivity index (χ0) is 26.8. The van der Waals surface area contributed by atoms with Gasteiger partial charge < -0.3 is 10.6 Å². The number of piperidine rings is 1. The van der Waals surface area contributed by atoms with Crippen LogP contribution in [0, 0.1) is 11.6 Å². The number of nitrogens with zero attached hydrogens (tertiary/aromatic N) is 5. The number of aryl methyl sites for hydroxylation is 1. The minimum atomic E-state index is -0.316. The Morgan fingerprint density at radius 1 is 0.769 bits per heavy atom. The predicted octanol–water partition coefficient (Wildman–Crippen LogP) is 5.92. The Balaban J connectivity index is 1.47. The molecule has 198 valence electrons. The lowest BCUT2D eigenvalue weighted by molar-refractivity contribution is 0.207. The van der Waals surface area contributed by atoms with Crippen LogP contribution >= 0.6 is 0 Å². The number of pyridine rings is 2. The molecular formula is C31H30F2N6. The average Bonchev–Trinajstić information content (AvgIpc) is 3.37. The molecule has 0 bridgehead atoms. The van der Waals surface area contributed by atoms with Gasteiger partial charge in [-0.25, -0.2) is 13.8 Å². The molecule has 1 fully saturated rings. The van der Waals surface area contributed by atoms with E-state index in [1.165, 1.54) is 24.3 Å². The first kappa shape index (κ1) is 25.3. The molecule has 6 rings (SSSR count). The zero-order valence-electron chi connectivity index (χ0n) is 21.6. The lowest BCUT2D eigenvalue weighted by Gasteiger charge is -2.29. The van der Waals surface area contributed by atoms with E-state index in [0.717, 1.165) is 78.6 Å². The summed E-state index contributed by atoms with van der Waals surface area (Å²) in [4.78, 5) is 11.7. The molecule has 0 atom stereocenters. The second kappa shape index (κ2) is 11.0. The molecule has 0 spiro atoms. The number of nitrogens with two attached hydrogens (primary N) is 1. The van der Waals surface area contributed by atoms with Gasteiger partial charge in [0.05, 0.1) is 5.69 Å². The van der Waals surface area contributed by atoms with Crippen molar-refractivity contribution in [3.05, 3.63) is 90.9 Å². The lowest BCUT2D eigenvalue weighted by Crippen LogP contribution is -2.40. The molecule has 5 aromatic rings. The molecule has 8 heteroatoms. The second-order valence-corrected chi connectivity index (χ2v) is 10.1. The standard InChI is InChI=1S/C31H30F2N6/c32-24-6-2-21(3-7-24)28-27-20-39(17-1-16-38-18-12-26(34)13-19-38)37-31(27)36-30(23-4-8-25(33)9-5-23)29(28)22-10-14-35-15-11-22/h2-11,14-15,20,26H,1,12-13,16-19,34H2. The molecule has 3 aromatic heterocycles. The summed E-state index contributed by atoms with van der Waals surface area (Å²) < 4.78 is 29.8. The molecule has 1 aliphatic rings. The number of hydrogen-bond donors (Lipinski definition) is 1. The van der Waals surface area contributed by atoms with Gasteiger partial charge in [-0.1, -0.05) is 12.1 Å². The van der Waals surface area contributed by atoms with Crippen molar-refractivity contribution in [2.24, 2.45) is 5.73 Å². The predicted molar refractivity (Wildman–Crippen MR) is 150 cm³/mol. The fourth-order valence-electron chi connectivity index (χ4n) is 5.37. The van der Waals surface area contributed by atoms with Gasteiger partial charge in [-0.05, 0) is 98.6 Å². The minimum absolute atomic E-state index is 0.303. The maximum absolute atomic E-state index is 14.0. The smallest absolute Gasteiger partial charge is 0.182 e. The maximum Gasteiger partial charge on any atom is 0.182 e. The molecule has 4 heterocycles. The first-order valence-corrected chi connectivity index (χ1v) is 13.4. The van der Waals surface area contributed by atoms with Gasteiger partial charge in [0.2, 0.25) is 0 Å². The summed E-state index contributed by atoms with van der Waals surface area (Å²) in [6.45, 7) is 3.81. The monoisotopic (exact) mass is 524 g/mol. The topological polar surface area (TPSA) is 72.9 Å². The Labute approximate surface area is 226 Å². The number of likely N-dealkylation sites (tertiary alicyclic amines) is 1. The number of halogens is 2. The molecule has 0 saturated carbocycles. The number of benzene rings is 2. The van der Waals surface area contributed by atoms with Gasteiger partial charge in [0.1, 0.15) is 11.6 Å². The Hall–Kier alpha value is -4.01. The van der Waals surface area contributed by atoms with Crippen LogP contribution in [0.15, 0.2) is 79.3 Å². The van der Waals surface area contributed by atoms with Crippen molar-refractivity contribution in [1.29, 1.82) is 0 Å². The molecule has 2 N–H and O–H groups in total. The Morgan fingerprint density at radius 3 is 2.05 bits per heavy atom. The fraction of sp³-hybridized carbons (Fsp3) is 0.258. The van der Waals surface area contributed by atoms with Crippen LogP contribution in [0.5, 0.6) is 0 Å². The molecule has 0 unspecified atom stereocenters. The number of rotatable bonds is 7. The Kier molecular flexibility index (Phi) is 7.13. The van der Waals surface area contributed by atoms with Gasteiger partial charge in [-0.15, -0.1) is 0 Å². The van der Waals surface area contributed by atoms with E-state index in [1.807, 2.05) is 23.0 Å². The van der Waals surface area contributed by atoms with Gasteiger partial charge in [0, 0.05) is 53.3 Å². The highest BCUT2D eigenvalue weighted by atomic mass is 19.1. The Morgan fingerprint density at radius 2 is 1.38 bits per heavy atom. The molecule has 2 aromatic carbocycles. The van der Waals surface area contributed by atoms with Crippen molar-refractivity contribution >= 4 is 11.0 Å². The fourth-order valence-corrected chi connectivity index (χ4v) is 5.37. The number of fused-ring (bicyclic) bond motifs is 1. The second-order valence-electron chi connectivity index (χ2n) is 10.1. The third-order valence-electron chi connectivity index (χ3n) is 7.43. The SMILES string of the molecule is NC1CCN(CCCn2cc3c(-c4ccc(F)cc4)c(-c4ccncc4)c(-c4ccc(F)cc4)nc3n2)CC1. The lowest BCUT2D eigenvalue weighted by atomic mass is 9.90. The number of aromatic nitrogens is 4. The van der Waals surface area contributed by atoms with Crippen LogP contribution in [0.4, 0.5) is 8.78 Å². The van der Waals surface area contributed by atoms with Crippen LogP contribution in [0.3, 0.4) is 0 Å². The van der Waals surface area contributed by atoms with Crippen molar-refractivity contribution < 1.29 is 8.78 Å². The summed E-state index contributed by atoms with van der Waals surface area (Å²) in [6.07, 6.45) is 8.54. The largest absolute Gasteiger partial charge is 0.328 e. The van der Waals surface area contributed by atoms with Gasteiger partial charge in [-0.3, -0.25) is 9.67 Å². The van der Waals surface area contributed by atoms with Gasteiger partial charge in [0.15, 0.2) is 5.65 Å². The molecule has 0 radical (unpaired) electrons. The van der Waals surface area contributed by atoms with Crippen LogP contribution < -0.4 is 5.73 Å². The van der Waals surface area contributed by atoms with E-state index >= 15 is 0 Å². The zero-order valence-corrected chi connectivity index (χ0v) is 21.6. The van der Waals surface area contributed by atoms with Crippen molar-refractivity contribution in [2.75, 3.05) is 19.6 Å². The first-order valence-electron chi connectivity index (χ1n) is 13.4. The third-order valence-corrected chi connectivity index (χ3v) is 7.43. The number of hydrogen-bond acceptors (Lipinski definition) is 5. The minimum Gasteiger partial charge on any atom is -0.328 e. The van der Waals surface area contributed by atoms with E-state index in [9.17, 15) is 8.78 Å². The molecular weight excluding hydrogens is 494 g/mol. The Bertz CT molecular complexity index is 1560. The summed E-state index contributed by atoms with van der Waals surface area (Å²) in [5.41, 5.74) is 11.6. The summed E-state index contributed by atoms with van der Waals surface area (Å²) in [5.74, 6) is -0.619. The van der Waals surface area contributed by atoms with Crippen molar-refractivity contribution in [3.8, 4) is 33.5 Å². The van der Waals surface area contributed by atoms with Crippen LogP contribution in [0.25, 0.3) is 44.5 Å². The van der Waals surface area contributed by atoms with Crippen molar-refractivity contribution in [1.82, 2.24) is 24.6 Å². The van der Waals surface area contributed by atoms with E-state index in [2.05, 4.69) is 9.88 Å². The summed E-state index contributed by atoms with van der Waals surface area (Å²) in [5, 5.41) is 5.73. The average molecular weight is 525 g/mol. The quantitative estimate of drug-likeness (QED) is 0.286. The summed E-state index contributed by atoms with van der Waals surface area (Å²) in [6, 6.07) is 17.0. The molecule has 0 amide bonds.